The van der Waals surface area contributed by atoms with Crippen LogP contribution in [0.25, 0.3) is 27.4 Å². The minimum absolute atomic E-state index is 0.0796. The molecule has 4 heterocycles. The molecule has 2 aromatic carbocycles. The second-order valence-corrected chi connectivity index (χ2v) is 9.59. The van der Waals surface area contributed by atoms with Crippen LogP contribution in [-0.2, 0) is 7.05 Å². The van der Waals surface area contributed by atoms with Crippen molar-refractivity contribution < 1.29 is 4.79 Å². The van der Waals surface area contributed by atoms with Crippen LogP contribution >= 0.6 is 0 Å². The summed E-state index contributed by atoms with van der Waals surface area (Å²) in [5.74, 6) is 5.82. The van der Waals surface area contributed by atoms with Crippen LogP contribution in [-0.4, -0.2) is 30.2 Å². The summed E-state index contributed by atoms with van der Waals surface area (Å²) in [6.07, 6.45) is 5.00. The smallest absolute Gasteiger partial charge is 0.264 e. The zero-order chi connectivity index (χ0) is 28.5. The fourth-order valence-electron chi connectivity index (χ4n) is 4.88. The lowest BCUT2D eigenvalue weighted by Crippen LogP contribution is -2.33. The summed E-state index contributed by atoms with van der Waals surface area (Å²) in [6.45, 7) is 1.82. The Balaban J connectivity index is 1.48. The fourth-order valence-corrected chi connectivity index (χ4v) is 4.88. The summed E-state index contributed by atoms with van der Waals surface area (Å²) in [4.78, 5) is 36.3. The molecule has 0 spiro atoms. The predicted molar refractivity (Wildman–Crippen MR) is 159 cm³/mol. The number of para-hydroxylation sites is 1. The van der Waals surface area contributed by atoms with Gasteiger partial charge in [0, 0.05) is 48.0 Å². The van der Waals surface area contributed by atoms with Crippen LogP contribution in [0.1, 0.15) is 40.3 Å². The lowest BCUT2D eigenvalue weighted by Gasteiger charge is -2.21. The first kappa shape index (κ1) is 25.5. The number of rotatable bonds is 4. The van der Waals surface area contributed by atoms with E-state index in [0.29, 0.717) is 44.3 Å². The number of nitrogens with one attached hydrogen (secondary N) is 1. The van der Waals surface area contributed by atoms with E-state index >= 15 is 0 Å². The Hall–Kier alpha value is -5.75. The Morgan fingerprint density at radius 1 is 0.976 bits per heavy atom. The standard InChI is InChI=1S/C32H25N7O2/c1-20(36-31(40)28-29-23(10-7-16-34-29)19-35-30(28)33)26-18-22-9-6-8-21(13-14-24-15-17-38(2)37-24)27(22)32(41)39(26)25-11-4-3-5-12-25/h3-12,15-20H,1-2H3,(H2,33,35)(H,36,40)/t20-/m0/s1. The van der Waals surface area contributed by atoms with Gasteiger partial charge in [0.05, 0.1) is 16.9 Å². The molecule has 1 atom stereocenters. The highest BCUT2D eigenvalue weighted by molar-refractivity contribution is 6.09. The van der Waals surface area contributed by atoms with Gasteiger partial charge in [0.15, 0.2) is 0 Å². The van der Waals surface area contributed by atoms with Crippen LogP contribution in [0.15, 0.2) is 96.2 Å². The number of benzene rings is 2. The number of fused-ring (bicyclic) bond motifs is 2. The minimum atomic E-state index is -0.582. The van der Waals surface area contributed by atoms with E-state index < -0.39 is 11.9 Å². The van der Waals surface area contributed by atoms with Crippen LogP contribution in [0.4, 0.5) is 5.82 Å². The van der Waals surface area contributed by atoms with E-state index in [4.69, 9.17) is 5.73 Å². The third-order valence-electron chi connectivity index (χ3n) is 6.82. The summed E-state index contributed by atoms with van der Waals surface area (Å²) in [5, 5.41) is 9.21. The number of aromatic nitrogens is 5. The fraction of sp³-hybridized carbons (Fsp3) is 0.0938. The average Bonchev–Trinajstić information content (AvgIpc) is 3.40. The maximum Gasteiger partial charge on any atom is 0.264 e. The first-order chi connectivity index (χ1) is 19.9. The van der Waals surface area contributed by atoms with Crippen molar-refractivity contribution in [1.29, 1.82) is 0 Å². The molecule has 200 valence electrons. The molecule has 0 bridgehead atoms. The number of anilines is 1. The number of amides is 1. The molecule has 0 fully saturated rings. The summed E-state index contributed by atoms with van der Waals surface area (Å²) in [6, 6.07) is 21.6. The quantitative estimate of drug-likeness (QED) is 0.325. The highest BCUT2D eigenvalue weighted by Gasteiger charge is 2.22. The monoisotopic (exact) mass is 539 g/mol. The van der Waals surface area contributed by atoms with Crippen molar-refractivity contribution >= 4 is 33.4 Å². The van der Waals surface area contributed by atoms with Crippen LogP contribution in [0.2, 0.25) is 0 Å². The van der Waals surface area contributed by atoms with Gasteiger partial charge in [-0.2, -0.15) is 5.10 Å². The van der Waals surface area contributed by atoms with Gasteiger partial charge < -0.3 is 11.1 Å². The molecule has 0 radical (unpaired) electrons. The molecule has 6 aromatic rings. The van der Waals surface area contributed by atoms with Gasteiger partial charge in [-0.3, -0.25) is 23.8 Å². The van der Waals surface area contributed by atoms with Crippen molar-refractivity contribution in [1.82, 2.24) is 29.6 Å². The van der Waals surface area contributed by atoms with Gasteiger partial charge in [-0.1, -0.05) is 36.3 Å². The van der Waals surface area contributed by atoms with Gasteiger partial charge in [-0.25, -0.2) is 4.98 Å². The number of carbonyl (C=O) groups excluding carboxylic acids is 1. The predicted octanol–water partition coefficient (Wildman–Crippen LogP) is 4.14. The third kappa shape index (κ3) is 4.79. The van der Waals surface area contributed by atoms with Crippen LogP contribution in [0, 0.1) is 11.8 Å². The Labute approximate surface area is 235 Å². The molecule has 0 aliphatic carbocycles. The number of carbonyl (C=O) groups is 1. The topological polar surface area (TPSA) is 121 Å². The summed E-state index contributed by atoms with van der Waals surface area (Å²) in [5.41, 5.74) is 8.98. The number of pyridine rings is 3. The highest BCUT2D eigenvalue weighted by Crippen LogP contribution is 2.25. The summed E-state index contributed by atoms with van der Waals surface area (Å²) in [7, 11) is 1.82. The molecule has 9 nitrogen and oxygen atoms in total. The number of hydrogen-bond acceptors (Lipinski definition) is 6. The van der Waals surface area contributed by atoms with Gasteiger partial charge in [-0.15, -0.1) is 0 Å². The van der Waals surface area contributed by atoms with Crippen molar-refractivity contribution in [2.75, 3.05) is 5.73 Å². The summed E-state index contributed by atoms with van der Waals surface area (Å²) >= 11 is 0. The van der Waals surface area contributed by atoms with E-state index in [2.05, 4.69) is 32.2 Å². The number of nitrogen functional groups attached to an aromatic ring is 1. The minimum Gasteiger partial charge on any atom is -0.383 e. The molecule has 0 saturated carbocycles. The molecule has 9 heteroatoms. The second-order valence-electron chi connectivity index (χ2n) is 9.59. The van der Waals surface area contributed by atoms with E-state index in [1.165, 1.54) is 0 Å². The zero-order valence-electron chi connectivity index (χ0n) is 22.4. The van der Waals surface area contributed by atoms with Gasteiger partial charge in [0.2, 0.25) is 0 Å². The molecule has 6 rings (SSSR count). The molecule has 4 aromatic heterocycles. The first-order valence-corrected chi connectivity index (χ1v) is 13.0. The lowest BCUT2D eigenvalue weighted by molar-refractivity contribution is 0.0941. The van der Waals surface area contributed by atoms with Gasteiger partial charge in [-0.05, 0) is 60.7 Å². The van der Waals surface area contributed by atoms with Gasteiger partial charge in [0.25, 0.3) is 11.5 Å². The maximum atomic E-state index is 14.2. The van der Waals surface area contributed by atoms with E-state index in [9.17, 15) is 9.59 Å². The molecule has 0 saturated heterocycles. The highest BCUT2D eigenvalue weighted by atomic mass is 16.2. The van der Waals surface area contributed by atoms with E-state index in [0.717, 1.165) is 0 Å². The molecule has 3 N–H and O–H groups in total. The molecule has 0 aliphatic heterocycles. The van der Waals surface area contributed by atoms with Crippen molar-refractivity contribution in [2.45, 2.75) is 13.0 Å². The second kappa shape index (κ2) is 10.4. The van der Waals surface area contributed by atoms with E-state index in [1.807, 2.05) is 86.9 Å². The van der Waals surface area contributed by atoms with Crippen molar-refractivity contribution in [3.8, 4) is 17.5 Å². The van der Waals surface area contributed by atoms with Crippen LogP contribution < -0.4 is 16.6 Å². The van der Waals surface area contributed by atoms with Crippen LogP contribution in [0.5, 0.6) is 0 Å². The molecule has 0 aliphatic rings. The SMILES string of the molecule is C[C@H](NC(=O)c1c(N)ncc2cccnc12)c1cc2cccc(C#Cc3ccn(C)n3)c2c(=O)n1-c1ccccc1. The lowest BCUT2D eigenvalue weighted by atomic mass is 10.0. The normalized spacial score (nSPS) is 11.7. The molecule has 0 unspecified atom stereocenters. The number of hydrogen-bond donors (Lipinski definition) is 2. The first-order valence-electron chi connectivity index (χ1n) is 13.0. The van der Waals surface area contributed by atoms with E-state index in [1.54, 1.807) is 27.7 Å². The van der Waals surface area contributed by atoms with Crippen molar-refractivity contribution in [2.24, 2.45) is 7.05 Å². The van der Waals surface area contributed by atoms with Gasteiger partial charge in [0.1, 0.15) is 17.1 Å². The van der Waals surface area contributed by atoms with Crippen molar-refractivity contribution in [3.63, 3.8) is 0 Å². The molecular weight excluding hydrogens is 514 g/mol. The summed E-state index contributed by atoms with van der Waals surface area (Å²) < 4.78 is 3.29. The Morgan fingerprint density at radius 2 is 1.78 bits per heavy atom. The zero-order valence-corrected chi connectivity index (χ0v) is 22.4. The Kier molecular flexibility index (Phi) is 6.49. The maximum absolute atomic E-state index is 14.2. The molecular formula is C32H25N7O2. The van der Waals surface area contributed by atoms with Gasteiger partial charge >= 0.3 is 0 Å². The number of aryl methyl sites for hydroxylation is 1. The number of nitrogens with two attached hydrogens (primary N) is 1. The Bertz CT molecular complexity index is 2070. The third-order valence-corrected chi connectivity index (χ3v) is 6.82. The average molecular weight is 540 g/mol. The van der Waals surface area contributed by atoms with Crippen LogP contribution in [0.3, 0.4) is 0 Å². The molecule has 1 amide bonds. The largest absolute Gasteiger partial charge is 0.383 e. The Morgan fingerprint density at radius 3 is 2.56 bits per heavy atom. The number of nitrogens with zero attached hydrogens (tertiary/aromatic N) is 5. The molecule has 41 heavy (non-hydrogen) atoms. The van der Waals surface area contributed by atoms with Crippen molar-refractivity contribution in [3.05, 3.63) is 124 Å². The van der Waals surface area contributed by atoms with E-state index in [-0.39, 0.29) is 16.9 Å².